The molecule has 2 aromatic carbocycles. The number of thioether (sulfide) groups is 1. The van der Waals surface area contributed by atoms with E-state index >= 15 is 0 Å². The molecule has 0 radical (unpaired) electrons. The SMILES string of the molecule is CCOc1ccc(C2/C(=C(\O)c3c(C)nc4ccccn34)C(=O)C(=O)N2c2nnc(SCc3ccc(Cl)cc3)s2)cc1OCC. The number of imidazole rings is 1. The molecule has 1 fully saturated rings. The number of hydrogen-bond donors (Lipinski definition) is 1. The first-order valence-corrected chi connectivity index (χ1v) is 16.3. The summed E-state index contributed by atoms with van der Waals surface area (Å²) in [7, 11) is 0. The molecule has 0 aliphatic carbocycles. The van der Waals surface area contributed by atoms with Crippen LogP contribution in [-0.2, 0) is 15.3 Å². The predicted octanol–water partition coefficient (Wildman–Crippen LogP) is 6.86. The van der Waals surface area contributed by atoms with Crippen LogP contribution in [0.15, 0.2) is 76.8 Å². The average molecular weight is 662 g/mol. The number of anilines is 1. The van der Waals surface area contributed by atoms with E-state index in [2.05, 4.69) is 15.2 Å². The molecule has 10 nitrogen and oxygen atoms in total. The summed E-state index contributed by atoms with van der Waals surface area (Å²) in [6.07, 6.45) is 1.74. The monoisotopic (exact) mass is 661 g/mol. The number of ether oxygens (including phenoxy) is 2. The zero-order valence-corrected chi connectivity index (χ0v) is 26.9. The second-order valence-corrected chi connectivity index (χ2v) is 12.6. The molecule has 1 saturated heterocycles. The van der Waals surface area contributed by atoms with E-state index in [-0.39, 0.29) is 16.5 Å². The Kier molecular flexibility index (Phi) is 8.79. The normalized spacial score (nSPS) is 16.1. The number of Topliss-reactive ketones (excluding diaryl/α,β-unsaturated/α-hetero) is 1. The smallest absolute Gasteiger partial charge is 0.301 e. The van der Waals surface area contributed by atoms with E-state index < -0.39 is 17.7 Å². The largest absolute Gasteiger partial charge is 0.505 e. The summed E-state index contributed by atoms with van der Waals surface area (Å²) in [5.41, 5.74) is 2.89. The number of aliphatic hydroxyl groups is 1. The van der Waals surface area contributed by atoms with Crippen molar-refractivity contribution >= 4 is 62.9 Å². The molecule has 4 heterocycles. The van der Waals surface area contributed by atoms with Crippen molar-refractivity contribution in [1.29, 1.82) is 0 Å². The molecular formula is C32H28ClN5O5S2. The number of rotatable bonds is 10. The lowest BCUT2D eigenvalue weighted by Gasteiger charge is -2.23. The molecule has 1 aliphatic heterocycles. The fourth-order valence-corrected chi connectivity index (χ4v) is 7.14. The Hall–Kier alpha value is -4.39. The molecule has 0 saturated carbocycles. The molecule has 1 aliphatic rings. The minimum Gasteiger partial charge on any atom is -0.505 e. The maximum Gasteiger partial charge on any atom is 0.301 e. The Morgan fingerprint density at radius 3 is 2.53 bits per heavy atom. The predicted molar refractivity (Wildman–Crippen MR) is 174 cm³/mol. The Morgan fingerprint density at radius 2 is 1.78 bits per heavy atom. The fourth-order valence-electron chi connectivity index (χ4n) is 5.19. The molecule has 0 spiro atoms. The van der Waals surface area contributed by atoms with E-state index in [9.17, 15) is 14.7 Å². The number of ketones is 1. The molecule has 3 aromatic heterocycles. The van der Waals surface area contributed by atoms with E-state index in [0.717, 1.165) is 5.56 Å². The van der Waals surface area contributed by atoms with Gasteiger partial charge in [-0.3, -0.25) is 18.9 Å². The second-order valence-electron chi connectivity index (χ2n) is 9.98. The van der Waals surface area contributed by atoms with Crippen LogP contribution in [0.25, 0.3) is 11.4 Å². The third-order valence-electron chi connectivity index (χ3n) is 7.13. The van der Waals surface area contributed by atoms with Gasteiger partial charge in [0.1, 0.15) is 11.3 Å². The van der Waals surface area contributed by atoms with Crippen molar-refractivity contribution in [2.24, 2.45) is 0 Å². The average Bonchev–Trinajstić information content (AvgIpc) is 3.71. The molecule has 1 N–H and O–H groups in total. The number of aliphatic hydroxyl groups excluding tert-OH is 1. The quantitative estimate of drug-likeness (QED) is 0.0563. The maximum atomic E-state index is 13.8. The van der Waals surface area contributed by atoms with E-state index in [1.54, 1.807) is 47.9 Å². The van der Waals surface area contributed by atoms with Crippen molar-refractivity contribution in [3.8, 4) is 11.5 Å². The molecule has 1 unspecified atom stereocenters. The standard InChI is InChI=1S/C32H28ClN5O5S2/c1-4-42-22-14-11-20(16-23(22)43-5-2)27-25(28(39)26-18(3)34-24-8-6-7-15-37(24)26)29(40)30(41)38(27)31-35-36-32(45-31)44-17-19-9-12-21(33)13-10-19/h6-16,27,39H,4-5,17H2,1-3H3/b28-25+. The van der Waals surface area contributed by atoms with Crippen LogP contribution in [-0.4, -0.2) is 49.6 Å². The van der Waals surface area contributed by atoms with Gasteiger partial charge in [-0.2, -0.15) is 0 Å². The van der Waals surface area contributed by atoms with Crippen molar-refractivity contribution in [1.82, 2.24) is 19.6 Å². The topological polar surface area (TPSA) is 119 Å². The number of nitrogens with zero attached hydrogens (tertiary/aromatic N) is 5. The third-order valence-corrected chi connectivity index (χ3v) is 9.51. The number of carbonyl (C=O) groups excluding carboxylic acids is 2. The van der Waals surface area contributed by atoms with Gasteiger partial charge in [-0.15, -0.1) is 10.2 Å². The van der Waals surface area contributed by atoms with Gasteiger partial charge in [-0.25, -0.2) is 4.98 Å². The minimum absolute atomic E-state index is 0.0917. The second kappa shape index (κ2) is 12.9. The van der Waals surface area contributed by atoms with Crippen molar-refractivity contribution < 1.29 is 24.2 Å². The Labute approximate surface area is 272 Å². The number of fused-ring (bicyclic) bond motifs is 1. The molecule has 45 heavy (non-hydrogen) atoms. The van der Waals surface area contributed by atoms with Crippen LogP contribution in [0.4, 0.5) is 5.13 Å². The number of amides is 1. The number of carbonyl (C=O) groups is 2. The van der Waals surface area contributed by atoms with Crippen LogP contribution >= 0.6 is 34.7 Å². The van der Waals surface area contributed by atoms with Crippen molar-refractivity contribution in [3.63, 3.8) is 0 Å². The van der Waals surface area contributed by atoms with Gasteiger partial charge in [0.25, 0.3) is 5.78 Å². The van der Waals surface area contributed by atoms with Crippen molar-refractivity contribution in [2.75, 3.05) is 18.1 Å². The number of halogens is 1. The van der Waals surface area contributed by atoms with Crippen molar-refractivity contribution in [3.05, 3.63) is 100.0 Å². The number of aromatic nitrogens is 4. The molecule has 1 atom stereocenters. The third kappa shape index (κ3) is 5.88. The van der Waals surface area contributed by atoms with E-state index in [0.29, 0.717) is 62.4 Å². The molecule has 1 amide bonds. The summed E-state index contributed by atoms with van der Waals surface area (Å²) in [5, 5.41) is 21.3. The zero-order valence-electron chi connectivity index (χ0n) is 24.6. The van der Waals surface area contributed by atoms with Crippen LogP contribution in [0.1, 0.15) is 42.4 Å². The van der Waals surface area contributed by atoms with Crippen LogP contribution in [0.2, 0.25) is 5.02 Å². The number of aryl methyl sites for hydroxylation is 1. The summed E-state index contributed by atoms with van der Waals surface area (Å²) >= 11 is 8.66. The minimum atomic E-state index is -1.03. The van der Waals surface area contributed by atoms with E-state index in [1.165, 1.54) is 28.0 Å². The molecule has 0 bridgehead atoms. The lowest BCUT2D eigenvalue weighted by molar-refractivity contribution is -0.132. The number of hydrogen-bond acceptors (Lipinski definition) is 10. The first-order chi connectivity index (χ1) is 21.8. The molecule has 230 valence electrons. The van der Waals surface area contributed by atoms with Gasteiger partial charge in [0.15, 0.2) is 21.6 Å². The van der Waals surface area contributed by atoms with Crippen LogP contribution in [0.3, 0.4) is 0 Å². The summed E-state index contributed by atoms with van der Waals surface area (Å²) in [4.78, 5) is 33.5. The summed E-state index contributed by atoms with van der Waals surface area (Å²) in [6, 6.07) is 17.1. The van der Waals surface area contributed by atoms with Gasteiger partial charge in [-0.1, -0.05) is 59.0 Å². The first-order valence-electron chi connectivity index (χ1n) is 14.2. The van der Waals surface area contributed by atoms with Crippen LogP contribution in [0.5, 0.6) is 11.5 Å². The summed E-state index contributed by atoms with van der Waals surface area (Å²) < 4.78 is 13.9. The first kappa shape index (κ1) is 30.6. The highest BCUT2D eigenvalue weighted by Crippen LogP contribution is 2.46. The maximum absolute atomic E-state index is 13.8. The highest BCUT2D eigenvalue weighted by atomic mass is 35.5. The number of benzene rings is 2. The fraction of sp³-hybridized carbons (Fsp3) is 0.219. The lowest BCUT2D eigenvalue weighted by atomic mass is 9.96. The molecule has 5 aromatic rings. The lowest BCUT2D eigenvalue weighted by Crippen LogP contribution is -2.29. The van der Waals surface area contributed by atoms with Crippen LogP contribution < -0.4 is 14.4 Å². The summed E-state index contributed by atoms with van der Waals surface area (Å²) in [6.45, 7) is 6.26. The van der Waals surface area contributed by atoms with Gasteiger partial charge in [0.2, 0.25) is 5.13 Å². The molecular weight excluding hydrogens is 634 g/mol. The highest BCUT2D eigenvalue weighted by molar-refractivity contribution is 8.00. The van der Waals surface area contributed by atoms with Gasteiger partial charge in [0, 0.05) is 17.0 Å². The van der Waals surface area contributed by atoms with Crippen molar-refractivity contribution in [2.45, 2.75) is 36.9 Å². The van der Waals surface area contributed by atoms with E-state index in [4.69, 9.17) is 21.1 Å². The summed E-state index contributed by atoms with van der Waals surface area (Å²) in [5.74, 6) is -0.436. The van der Waals surface area contributed by atoms with E-state index in [1.807, 2.05) is 44.2 Å². The molecule has 13 heteroatoms. The zero-order chi connectivity index (χ0) is 31.7. The highest BCUT2D eigenvalue weighted by Gasteiger charge is 2.49. The molecule has 6 rings (SSSR count). The van der Waals surface area contributed by atoms with Gasteiger partial charge in [-0.05, 0) is 68.3 Å². The van der Waals surface area contributed by atoms with Gasteiger partial charge >= 0.3 is 5.91 Å². The van der Waals surface area contributed by atoms with Gasteiger partial charge < -0.3 is 14.6 Å². The Bertz CT molecular complexity index is 1940. The Morgan fingerprint density at radius 1 is 1.02 bits per heavy atom. The Balaban J connectivity index is 1.47. The van der Waals surface area contributed by atoms with Gasteiger partial charge in [0.05, 0.1) is 30.5 Å². The van der Waals surface area contributed by atoms with Crippen LogP contribution in [0, 0.1) is 6.92 Å². The number of pyridine rings is 1.